The Morgan fingerprint density at radius 2 is 2.06 bits per heavy atom. The molecule has 0 saturated heterocycles. The number of benzene rings is 1. The zero-order valence-electron chi connectivity index (χ0n) is 10.7. The summed E-state index contributed by atoms with van der Waals surface area (Å²) in [5.74, 6) is 0.294. The first-order valence-corrected chi connectivity index (χ1v) is 6.33. The monoisotopic (exact) mass is 239 g/mol. The highest BCUT2D eigenvalue weighted by Crippen LogP contribution is 2.26. The van der Waals surface area contributed by atoms with Crippen LogP contribution in [0.5, 0.6) is 5.75 Å². The summed E-state index contributed by atoms with van der Waals surface area (Å²) < 4.78 is 19.2. The molecule has 2 N–H and O–H groups in total. The number of halogens is 1. The summed E-state index contributed by atoms with van der Waals surface area (Å²) in [6.45, 7) is 4.56. The Balaban J connectivity index is 2.55. The topological polar surface area (TPSA) is 35.2 Å². The van der Waals surface area contributed by atoms with Crippen molar-refractivity contribution in [3.63, 3.8) is 0 Å². The van der Waals surface area contributed by atoms with Crippen LogP contribution in [0.1, 0.15) is 51.1 Å². The van der Waals surface area contributed by atoms with Crippen LogP contribution in [0.2, 0.25) is 0 Å². The molecular formula is C14H22FNO. The van der Waals surface area contributed by atoms with Crippen LogP contribution in [-0.4, -0.2) is 6.61 Å². The van der Waals surface area contributed by atoms with Crippen molar-refractivity contribution in [2.45, 2.75) is 45.6 Å². The lowest BCUT2D eigenvalue weighted by molar-refractivity contribution is 0.298. The number of rotatable bonds is 7. The lowest BCUT2D eigenvalue weighted by Gasteiger charge is -2.14. The third-order valence-corrected chi connectivity index (χ3v) is 2.72. The van der Waals surface area contributed by atoms with Crippen LogP contribution in [0.15, 0.2) is 18.2 Å². The minimum atomic E-state index is -0.346. The Labute approximate surface area is 103 Å². The van der Waals surface area contributed by atoms with Gasteiger partial charge in [0, 0.05) is 11.6 Å². The molecule has 0 aliphatic rings. The van der Waals surface area contributed by atoms with Gasteiger partial charge in [0.25, 0.3) is 0 Å². The normalized spacial score (nSPS) is 12.5. The Morgan fingerprint density at radius 3 is 2.71 bits per heavy atom. The standard InChI is InChI=1S/C14H22FNO/c1-3-4-5-6-10-17-13-9-7-8-12(15)14(13)11(2)16/h7-9,11H,3-6,10,16H2,1-2H3/t11-/m1/s1. The maximum Gasteiger partial charge on any atom is 0.131 e. The van der Waals surface area contributed by atoms with Gasteiger partial charge in [0.15, 0.2) is 0 Å². The summed E-state index contributed by atoms with van der Waals surface area (Å²) in [5, 5.41) is 0. The minimum absolute atomic E-state index is 0.286. The summed E-state index contributed by atoms with van der Waals surface area (Å²) in [6.07, 6.45) is 4.57. The largest absolute Gasteiger partial charge is 0.493 e. The summed E-state index contributed by atoms with van der Waals surface area (Å²) >= 11 is 0. The first-order valence-electron chi connectivity index (χ1n) is 6.33. The number of ether oxygens (including phenoxy) is 1. The molecule has 96 valence electrons. The van der Waals surface area contributed by atoms with Gasteiger partial charge in [0.05, 0.1) is 6.61 Å². The van der Waals surface area contributed by atoms with Crippen molar-refractivity contribution in [2.24, 2.45) is 5.73 Å². The fourth-order valence-electron chi connectivity index (χ4n) is 1.80. The third-order valence-electron chi connectivity index (χ3n) is 2.72. The van der Waals surface area contributed by atoms with E-state index in [1.165, 1.54) is 18.9 Å². The van der Waals surface area contributed by atoms with Gasteiger partial charge in [-0.3, -0.25) is 0 Å². The Bertz CT molecular complexity index is 339. The summed E-state index contributed by atoms with van der Waals surface area (Å²) in [7, 11) is 0. The van der Waals surface area contributed by atoms with Crippen LogP contribution < -0.4 is 10.5 Å². The highest BCUT2D eigenvalue weighted by atomic mass is 19.1. The maximum absolute atomic E-state index is 13.6. The van der Waals surface area contributed by atoms with Gasteiger partial charge in [0.2, 0.25) is 0 Å². The quantitative estimate of drug-likeness (QED) is 0.734. The molecule has 0 aliphatic heterocycles. The van der Waals surface area contributed by atoms with E-state index in [9.17, 15) is 4.39 Å². The molecule has 0 heterocycles. The van der Waals surface area contributed by atoms with Gasteiger partial charge in [-0.05, 0) is 25.5 Å². The van der Waals surface area contributed by atoms with Gasteiger partial charge in [-0.15, -0.1) is 0 Å². The van der Waals surface area contributed by atoms with Gasteiger partial charge in [0.1, 0.15) is 11.6 Å². The molecule has 0 bridgehead atoms. The van der Waals surface area contributed by atoms with Gasteiger partial charge >= 0.3 is 0 Å². The number of unbranched alkanes of at least 4 members (excludes halogenated alkanes) is 3. The van der Waals surface area contributed by atoms with E-state index in [0.29, 0.717) is 17.9 Å². The first kappa shape index (κ1) is 14.0. The molecule has 0 saturated carbocycles. The second-order valence-electron chi connectivity index (χ2n) is 4.35. The van der Waals surface area contributed by atoms with E-state index < -0.39 is 0 Å². The van der Waals surface area contributed by atoms with E-state index in [1.807, 2.05) is 0 Å². The second kappa shape index (κ2) is 7.28. The smallest absolute Gasteiger partial charge is 0.131 e. The van der Waals surface area contributed by atoms with E-state index in [2.05, 4.69) is 6.92 Å². The lowest BCUT2D eigenvalue weighted by atomic mass is 10.1. The molecule has 0 amide bonds. The number of nitrogens with two attached hydrogens (primary N) is 1. The molecule has 3 heteroatoms. The molecule has 0 spiro atoms. The molecule has 1 rings (SSSR count). The lowest BCUT2D eigenvalue weighted by Crippen LogP contribution is -2.11. The van der Waals surface area contributed by atoms with Crippen LogP contribution in [-0.2, 0) is 0 Å². The highest BCUT2D eigenvalue weighted by Gasteiger charge is 2.13. The van der Waals surface area contributed by atoms with Crippen LogP contribution in [0.3, 0.4) is 0 Å². The first-order chi connectivity index (χ1) is 8.16. The van der Waals surface area contributed by atoms with Crippen LogP contribution in [0.4, 0.5) is 4.39 Å². The van der Waals surface area contributed by atoms with Gasteiger partial charge in [-0.2, -0.15) is 0 Å². The van der Waals surface area contributed by atoms with E-state index in [0.717, 1.165) is 12.8 Å². The molecule has 1 aromatic carbocycles. The zero-order chi connectivity index (χ0) is 12.7. The zero-order valence-corrected chi connectivity index (χ0v) is 10.7. The average Bonchev–Trinajstić information content (AvgIpc) is 2.28. The molecule has 0 aromatic heterocycles. The molecule has 17 heavy (non-hydrogen) atoms. The summed E-state index contributed by atoms with van der Waals surface area (Å²) in [4.78, 5) is 0. The molecule has 1 aromatic rings. The fourth-order valence-corrected chi connectivity index (χ4v) is 1.80. The van der Waals surface area contributed by atoms with Crippen LogP contribution in [0, 0.1) is 5.82 Å². The van der Waals surface area contributed by atoms with Gasteiger partial charge in [-0.25, -0.2) is 4.39 Å². The van der Waals surface area contributed by atoms with Crippen molar-refractivity contribution in [1.29, 1.82) is 0 Å². The minimum Gasteiger partial charge on any atom is -0.493 e. The third kappa shape index (κ3) is 4.35. The van der Waals surface area contributed by atoms with E-state index in [1.54, 1.807) is 19.1 Å². The molecule has 0 fully saturated rings. The predicted molar refractivity (Wildman–Crippen MR) is 68.6 cm³/mol. The van der Waals surface area contributed by atoms with Crippen molar-refractivity contribution in [2.75, 3.05) is 6.61 Å². The van der Waals surface area contributed by atoms with Gasteiger partial charge in [-0.1, -0.05) is 32.3 Å². The van der Waals surface area contributed by atoms with Crippen molar-refractivity contribution in [3.05, 3.63) is 29.6 Å². The summed E-state index contributed by atoms with van der Waals surface area (Å²) in [5.41, 5.74) is 6.22. The summed E-state index contributed by atoms with van der Waals surface area (Å²) in [6, 6.07) is 4.51. The molecule has 1 atom stereocenters. The Morgan fingerprint density at radius 1 is 1.29 bits per heavy atom. The molecule has 0 unspecified atom stereocenters. The molecular weight excluding hydrogens is 217 g/mol. The van der Waals surface area contributed by atoms with Crippen molar-refractivity contribution in [3.8, 4) is 5.75 Å². The van der Waals surface area contributed by atoms with Crippen molar-refractivity contribution in [1.82, 2.24) is 0 Å². The van der Waals surface area contributed by atoms with Crippen LogP contribution >= 0.6 is 0 Å². The van der Waals surface area contributed by atoms with Crippen LogP contribution in [0.25, 0.3) is 0 Å². The number of hydrogen-bond acceptors (Lipinski definition) is 2. The maximum atomic E-state index is 13.6. The fraction of sp³-hybridized carbons (Fsp3) is 0.571. The predicted octanol–water partition coefficient (Wildman–Crippen LogP) is 3.80. The Hall–Kier alpha value is -1.09. The molecule has 0 radical (unpaired) electrons. The highest BCUT2D eigenvalue weighted by molar-refractivity contribution is 5.36. The second-order valence-corrected chi connectivity index (χ2v) is 4.35. The average molecular weight is 239 g/mol. The molecule has 2 nitrogen and oxygen atoms in total. The van der Waals surface area contributed by atoms with E-state index >= 15 is 0 Å². The Kier molecular flexibility index (Phi) is 5.98. The van der Waals surface area contributed by atoms with Crippen molar-refractivity contribution >= 4 is 0 Å². The number of hydrogen-bond donors (Lipinski definition) is 1. The molecule has 0 aliphatic carbocycles. The van der Waals surface area contributed by atoms with E-state index in [-0.39, 0.29) is 11.9 Å². The van der Waals surface area contributed by atoms with Gasteiger partial charge < -0.3 is 10.5 Å². The SMILES string of the molecule is CCCCCCOc1cccc(F)c1[C@@H](C)N. The van der Waals surface area contributed by atoms with E-state index in [4.69, 9.17) is 10.5 Å². The van der Waals surface area contributed by atoms with Crippen molar-refractivity contribution < 1.29 is 9.13 Å².